The maximum absolute atomic E-state index is 9.46. The fourth-order valence-electron chi connectivity index (χ4n) is 0. The van der Waals surface area contributed by atoms with Gasteiger partial charge in [0.05, 0.1) is 11.3 Å². The van der Waals surface area contributed by atoms with E-state index in [1.54, 1.807) is 0 Å². The molecule has 36 valence electrons. The molecule has 0 aliphatic carbocycles. The molecule has 0 N–H and O–H groups in total. The molecule has 0 aromatic rings. The van der Waals surface area contributed by atoms with Gasteiger partial charge in [-0.25, -0.2) is 0 Å². The van der Waals surface area contributed by atoms with Gasteiger partial charge in [0.1, 0.15) is 0 Å². The van der Waals surface area contributed by atoms with Crippen LogP contribution in [-0.2, 0) is 4.79 Å². The average molecular weight is 114 g/mol. The minimum Gasteiger partial charge on any atom is -0.549 e. The van der Waals surface area contributed by atoms with Crippen molar-refractivity contribution in [1.82, 2.24) is 0 Å². The number of aliphatic carboxylic acids is 1. The Labute approximate surface area is 59.0 Å². The van der Waals surface area contributed by atoms with Crippen LogP contribution in [0.15, 0.2) is 0 Å². The van der Waals surface area contributed by atoms with E-state index in [2.05, 4.69) is 0 Å². The smallest absolute Gasteiger partial charge is 0.549 e. The summed E-state index contributed by atoms with van der Waals surface area (Å²) in [5.41, 5.74) is 0. The van der Waals surface area contributed by atoms with E-state index in [0.29, 0.717) is 0 Å². The van der Waals surface area contributed by atoms with Crippen LogP contribution in [0.1, 0.15) is 6.92 Å². The number of rotatable bonds is 1. The predicted octanol–water partition coefficient (Wildman–Crippen LogP) is -3.63. The van der Waals surface area contributed by atoms with Gasteiger partial charge < -0.3 is 9.90 Å². The number of hydrogen-bond acceptors (Lipinski definition) is 2. The minimum atomic E-state index is -1.23. The molecule has 0 aromatic carbocycles. The summed E-state index contributed by atoms with van der Waals surface area (Å²) in [6, 6.07) is 0. The zero-order valence-electron chi connectivity index (χ0n) is 4.27. The van der Waals surface area contributed by atoms with Crippen LogP contribution in [0.3, 0.4) is 0 Å². The van der Waals surface area contributed by atoms with Crippen LogP contribution in [0.2, 0.25) is 0 Å². The molecule has 0 aliphatic rings. The van der Waals surface area contributed by atoms with Gasteiger partial charge in [-0.2, -0.15) is 0 Å². The van der Waals surface area contributed by atoms with E-state index in [0.717, 1.165) is 0 Å². The van der Waals surface area contributed by atoms with Gasteiger partial charge in [-0.1, -0.05) is 0 Å². The van der Waals surface area contributed by atoms with Gasteiger partial charge in [0, 0.05) is 0 Å². The van der Waals surface area contributed by atoms with Crippen molar-refractivity contribution in [2.75, 3.05) is 0 Å². The Morgan fingerprint density at radius 3 is 2.00 bits per heavy atom. The fraction of sp³-hybridized carbons (Fsp3) is 0.667. The maximum atomic E-state index is 9.46. The van der Waals surface area contributed by atoms with Gasteiger partial charge >= 0.3 is 18.9 Å². The number of carboxylic acids is 1. The Kier molecular flexibility index (Phi) is 6.68. The van der Waals surface area contributed by atoms with E-state index >= 15 is 0 Å². The summed E-state index contributed by atoms with van der Waals surface area (Å²) in [6.07, 6.45) is 0. The first kappa shape index (κ1) is 10.4. The summed E-state index contributed by atoms with van der Waals surface area (Å²) >= 11 is 4.95. The zero-order valence-corrected chi connectivity index (χ0v) is 5.03. The summed E-state index contributed by atoms with van der Waals surface area (Å²) in [7, 11) is 0. The molecule has 0 aliphatic heterocycles. The summed E-state index contributed by atoms with van der Waals surface area (Å²) in [4.78, 5) is 9.46. The topological polar surface area (TPSA) is 40.1 Å². The van der Waals surface area contributed by atoms with Crippen molar-refractivity contribution in [2.45, 2.75) is 12.3 Å². The number of carbonyl (C=O) groups is 1. The molecule has 7 heavy (non-hydrogen) atoms. The van der Waals surface area contributed by atoms with Gasteiger partial charge in [-0.05, 0) is 6.92 Å². The van der Waals surface area contributed by atoms with Gasteiger partial charge in [0.2, 0.25) is 0 Å². The normalized spacial score (nSPS) is 11.7. The molecule has 0 spiro atoms. The van der Waals surface area contributed by atoms with Crippen molar-refractivity contribution in [2.24, 2.45) is 0 Å². The molecular weight excluding hydrogens is 110 g/mol. The van der Waals surface area contributed by atoms with Gasteiger partial charge in [0.25, 0.3) is 0 Å². The van der Waals surface area contributed by atoms with Crippen LogP contribution in [0.5, 0.6) is 0 Å². The molecule has 0 heterocycles. The molecule has 0 fully saturated rings. The third kappa shape index (κ3) is 6.36. The molecule has 1 atom stereocenters. The van der Waals surface area contributed by atoms with E-state index in [1.807, 2.05) is 0 Å². The number of carbonyl (C=O) groups excluding carboxylic acids is 1. The Hall–Kier alpha value is 0.357. The average Bonchev–Trinajstić information content (AvgIpc) is 1.36. The van der Waals surface area contributed by atoms with E-state index in [9.17, 15) is 9.90 Å². The molecule has 4 heteroatoms. The van der Waals surface area contributed by atoms with Gasteiger partial charge in [-0.3, -0.25) is 0 Å². The summed E-state index contributed by atoms with van der Waals surface area (Å²) in [6.45, 7) is 1.34. The molecule has 0 radical (unpaired) electrons. The van der Waals surface area contributed by atoms with Gasteiger partial charge in [0.15, 0.2) is 0 Å². The second kappa shape index (κ2) is 4.51. The largest absolute Gasteiger partial charge is 1.00 e. The quantitative estimate of drug-likeness (QED) is 0.261. The standard InChI is InChI=1S/C3H5ClO2.Li/c1-2(4)3(5)6;/h2H,1H3,(H,5,6);/q;+1/p-1/t2-;/m1./s1. The molecule has 0 aromatic heterocycles. The van der Waals surface area contributed by atoms with Crippen molar-refractivity contribution in [3.63, 3.8) is 0 Å². The van der Waals surface area contributed by atoms with Crippen LogP contribution >= 0.6 is 11.6 Å². The second-order valence-electron chi connectivity index (χ2n) is 0.935. The van der Waals surface area contributed by atoms with Gasteiger partial charge in [-0.15, -0.1) is 11.6 Å². The Balaban J connectivity index is 0. The van der Waals surface area contributed by atoms with Crippen molar-refractivity contribution in [3.8, 4) is 0 Å². The van der Waals surface area contributed by atoms with Crippen LogP contribution in [-0.4, -0.2) is 11.3 Å². The molecule has 0 saturated heterocycles. The SMILES string of the molecule is C[C@@H](Cl)C(=O)[O-].[Li+]. The van der Waals surface area contributed by atoms with Crippen LogP contribution < -0.4 is 24.0 Å². The van der Waals surface area contributed by atoms with E-state index in [1.165, 1.54) is 6.92 Å². The minimum absolute atomic E-state index is 0. The Bertz CT molecular complexity index is 64.0. The Morgan fingerprint density at radius 1 is 1.86 bits per heavy atom. The molecule has 0 unspecified atom stereocenters. The molecule has 0 rings (SSSR count). The Morgan fingerprint density at radius 2 is 2.00 bits per heavy atom. The number of hydrogen-bond donors (Lipinski definition) is 0. The molecular formula is C3H4ClLiO2. The third-order valence-corrected chi connectivity index (χ3v) is 0.503. The van der Waals surface area contributed by atoms with Crippen molar-refractivity contribution < 1.29 is 28.8 Å². The third-order valence-electron chi connectivity index (χ3n) is 0.325. The van der Waals surface area contributed by atoms with E-state index in [4.69, 9.17) is 11.6 Å². The molecule has 2 nitrogen and oxygen atoms in total. The van der Waals surface area contributed by atoms with Crippen LogP contribution in [0, 0.1) is 0 Å². The first-order valence-electron chi connectivity index (χ1n) is 1.49. The predicted molar refractivity (Wildman–Crippen MR) is 20.3 cm³/mol. The maximum Gasteiger partial charge on any atom is 1.00 e. The monoisotopic (exact) mass is 114 g/mol. The number of carboxylic acid groups (broad SMARTS) is 1. The van der Waals surface area contributed by atoms with E-state index in [-0.39, 0.29) is 18.9 Å². The summed E-state index contributed by atoms with van der Waals surface area (Å²) in [5, 5.41) is 8.59. The number of halogens is 1. The van der Waals surface area contributed by atoms with E-state index < -0.39 is 11.3 Å². The summed E-state index contributed by atoms with van der Waals surface area (Å²) in [5.74, 6) is -1.23. The molecule has 0 bridgehead atoms. The van der Waals surface area contributed by atoms with Crippen molar-refractivity contribution in [1.29, 1.82) is 0 Å². The first-order chi connectivity index (χ1) is 2.64. The summed E-state index contributed by atoms with van der Waals surface area (Å²) < 4.78 is 0. The van der Waals surface area contributed by atoms with Crippen LogP contribution in [0.4, 0.5) is 0 Å². The molecule has 0 saturated carbocycles. The van der Waals surface area contributed by atoms with Crippen LogP contribution in [0.25, 0.3) is 0 Å². The second-order valence-corrected chi connectivity index (χ2v) is 1.59. The first-order valence-corrected chi connectivity index (χ1v) is 1.93. The fourth-order valence-corrected chi connectivity index (χ4v) is 0. The van der Waals surface area contributed by atoms with Crippen molar-refractivity contribution >= 4 is 17.6 Å². The zero-order chi connectivity index (χ0) is 5.15. The van der Waals surface area contributed by atoms with Crippen molar-refractivity contribution in [3.05, 3.63) is 0 Å². The molecule has 0 amide bonds. The number of alkyl halides is 1.